The molecule has 9 heteroatoms. The Labute approximate surface area is 185 Å². The van der Waals surface area contributed by atoms with Crippen LogP contribution < -0.4 is 15.5 Å². The number of piperidine rings is 1. The van der Waals surface area contributed by atoms with Crippen molar-refractivity contribution in [2.24, 2.45) is 0 Å². The van der Waals surface area contributed by atoms with E-state index in [1.807, 2.05) is 0 Å². The number of nitrogens with zero attached hydrogens (tertiary/aromatic N) is 3. The normalized spacial score (nSPS) is 18.7. The predicted molar refractivity (Wildman–Crippen MR) is 119 cm³/mol. The lowest BCUT2D eigenvalue weighted by Gasteiger charge is -2.26. The molecule has 0 aliphatic carbocycles. The van der Waals surface area contributed by atoms with Gasteiger partial charge in [0.15, 0.2) is 0 Å². The number of aromatic nitrogens is 1. The summed E-state index contributed by atoms with van der Waals surface area (Å²) in [5.41, 5.74) is 1.15. The average Bonchev–Trinajstić information content (AvgIpc) is 3.27. The Morgan fingerprint density at radius 1 is 0.968 bits per heavy atom. The molecular weight excluding hydrogens is 418 g/mol. The molecule has 4 rings (SSSR count). The number of likely N-dealkylation sites (tertiary alicyclic amines) is 1. The maximum atomic E-state index is 12.8. The molecule has 0 radical (unpaired) electrons. The van der Waals surface area contributed by atoms with Crippen LogP contribution in [-0.4, -0.2) is 46.9 Å². The van der Waals surface area contributed by atoms with E-state index >= 15 is 0 Å². The second-order valence-corrected chi connectivity index (χ2v) is 8.12. The number of rotatable bonds is 4. The Kier molecular flexibility index (Phi) is 6.36. The summed E-state index contributed by atoms with van der Waals surface area (Å²) >= 11 is 5.88. The summed E-state index contributed by atoms with van der Waals surface area (Å²) in [6.45, 7) is 1.17. The van der Waals surface area contributed by atoms with Crippen LogP contribution in [0.15, 0.2) is 42.6 Å². The van der Waals surface area contributed by atoms with Gasteiger partial charge in [0, 0.05) is 30.2 Å². The molecule has 3 heterocycles. The third-order valence-corrected chi connectivity index (χ3v) is 5.78. The Hall–Kier alpha value is -3.13. The van der Waals surface area contributed by atoms with Gasteiger partial charge in [0.05, 0.1) is 11.9 Å². The summed E-state index contributed by atoms with van der Waals surface area (Å²) in [5.74, 6) is 0.406. The van der Waals surface area contributed by atoms with E-state index in [0.717, 1.165) is 19.3 Å². The Bertz CT molecular complexity index is 964. The zero-order valence-electron chi connectivity index (χ0n) is 17.0. The van der Waals surface area contributed by atoms with E-state index in [1.54, 1.807) is 47.5 Å². The zero-order valence-corrected chi connectivity index (χ0v) is 17.8. The van der Waals surface area contributed by atoms with Crippen LogP contribution in [0.1, 0.15) is 32.1 Å². The first-order valence-corrected chi connectivity index (χ1v) is 10.8. The van der Waals surface area contributed by atoms with Gasteiger partial charge in [0.25, 0.3) is 0 Å². The van der Waals surface area contributed by atoms with Crippen molar-refractivity contribution in [1.29, 1.82) is 0 Å². The number of carbonyl (C=O) groups is 3. The Morgan fingerprint density at radius 3 is 2.45 bits per heavy atom. The number of hydrogen-bond acceptors (Lipinski definition) is 4. The molecule has 0 unspecified atom stereocenters. The second kappa shape index (κ2) is 9.34. The summed E-state index contributed by atoms with van der Waals surface area (Å²) in [5, 5.41) is 6.23. The number of amides is 4. The lowest BCUT2D eigenvalue weighted by molar-refractivity contribution is -0.120. The molecular formula is C22H24ClN5O3. The maximum absolute atomic E-state index is 12.8. The van der Waals surface area contributed by atoms with Crippen LogP contribution in [0.4, 0.5) is 22.0 Å². The number of anilines is 3. The highest BCUT2D eigenvalue weighted by Crippen LogP contribution is 2.23. The van der Waals surface area contributed by atoms with Crippen LogP contribution >= 0.6 is 11.6 Å². The van der Waals surface area contributed by atoms with Crippen molar-refractivity contribution in [3.05, 3.63) is 47.6 Å². The summed E-state index contributed by atoms with van der Waals surface area (Å²) in [6.07, 6.45) is 5.29. The van der Waals surface area contributed by atoms with E-state index in [0.29, 0.717) is 48.1 Å². The van der Waals surface area contributed by atoms with Gasteiger partial charge in [-0.1, -0.05) is 11.6 Å². The Morgan fingerprint density at radius 2 is 1.74 bits per heavy atom. The molecule has 0 bridgehead atoms. The van der Waals surface area contributed by atoms with Gasteiger partial charge in [-0.3, -0.25) is 14.5 Å². The van der Waals surface area contributed by atoms with Gasteiger partial charge in [0.2, 0.25) is 11.8 Å². The van der Waals surface area contributed by atoms with Gasteiger partial charge in [-0.2, -0.15) is 0 Å². The third kappa shape index (κ3) is 4.96. The van der Waals surface area contributed by atoms with Gasteiger partial charge in [-0.05, 0) is 62.1 Å². The molecule has 162 valence electrons. The minimum Gasteiger partial charge on any atom is -0.323 e. The van der Waals surface area contributed by atoms with Crippen molar-refractivity contribution >= 4 is 46.6 Å². The largest absolute Gasteiger partial charge is 0.323 e. The molecule has 2 aliphatic rings. The summed E-state index contributed by atoms with van der Waals surface area (Å²) in [6, 6.07) is 9.40. The molecule has 31 heavy (non-hydrogen) atoms. The van der Waals surface area contributed by atoms with Crippen molar-refractivity contribution < 1.29 is 14.4 Å². The summed E-state index contributed by atoms with van der Waals surface area (Å²) < 4.78 is 0. The zero-order chi connectivity index (χ0) is 21.8. The van der Waals surface area contributed by atoms with Gasteiger partial charge in [-0.25, -0.2) is 9.78 Å². The van der Waals surface area contributed by atoms with E-state index in [9.17, 15) is 14.4 Å². The smallest absolute Gasteiger partial charge is 0.322 e. The van der Waals surface area contributed by atoms with Crippen LogP contribution in [0.2, 0.25) is 5.02 Å². The fourth-order valence-corrected chi connectivity index (χ4v) is 4.03. The average molecular weight is 442 g/mol. The van der Waals surface area contributed by atoms with E-state index in [-0.39, 0.29) is 17.8 Å². The highest BCUT2D eigenvalue weighted by Gasteiger charge is 2.34. The number of nitrogens with one attached hydrogen (secondary N) is 2. The number of carbonyl (C=O) groups excluding carboxylic acids is 3. The third-order valence-electron chi connectivity index (χ3n) is 5.53. The van der Waals surface area contributed by atoms with Crippen LogP contribution in [0.5, 0.6) is 0 Å². The molecule has 8 nitrogen and oxygen atoms in total. The highest BCUT2D eigenvalue weighted by atomic mass is 35.5. The van der Waals surface area contributed by atoms with Gasteiger partial charge in [-0.15, -0.1) is 0 Å². The molecule has 2 aromatic rings. The van der Waals surface area contributed by atoms with Crippen LogP contribution in [0.25, 0.3) is 0 Å². The quantitative estimate of drug-likeness (QED) is 0.752. The number of urea groups is 1. The highest BCUT2D eigenvalue weighted by molar-refractivity contribution is 6.30. The topological polar surface area (TPSA) is 94.6 Å². The first-order valence-electron chi connectivity index (χ1n) is 10.4. The van der Waals surface area contributed by atoms with Crippen LogP contribution in [-0.2, 0) is 9.59 Å². The van der Waals surface area contributed by atoms with Crippen molar-refractivity contribution in [2.45, 2.75) is 38.1 Å². The molecule has 0 saturated carbocycles. The monoisotopic (exact) mass is 441 g/mol. The van der Waals surface area contributed by atoms with E-state index in [1.165, 1.54) is 4.90 Å². The molecule has 1 aromatic heterocycles. The van der Waals surface area contributed by atoms with Gasteiger partial charge in [0.1, 0.15) is 11.9 Å². The summed E-state index contributed by atoms with van der Waals surface area (Å²) in [7, 11) is 0. The van der Waals surface area contributed by atoms with Crippen molar-refractivity contribution in [2.75, 3.05) is 28.6 Å². The SMILES string of the molecule is O=C(Nc1ccc(N2CCCCC2=O)nc1)[C@H]1CCCN1C(=O)Nc1ccc(Cl)cc1. The van der Waals surface area contributed by atoms with Crippen LogP contribution in [0, 0.1) is 0 Å². The molecule has 1 atom stereocenters. The lowest BCUT2D eigenvalue weighted by atomic mass is 10.1. The second-order valence-electron chi connectivity index (χ2n) is 7.69. The van der Waals surface area contributed by atoms with E-state index in [4.69, 9.17) is 11.6 Å². The van der Waals surface area contributed by atoms with Crippen molar-refractivity contribution in [3.8, 4) is 0 Å². The van der Waals surface area contributed by atoms with Gasteiger partial charge < -0.3 is 15.5 Å². The van der Waals surface area contributed by atoms with E-state index < -0.39 is 6.04 Å². The van der Waals surface area contributed by atoms with Gasteiger partial charge >= 0.3 is 6.03 Å². The molecule has 1 aromatic carbocycles. The number of benzene rings is 1. The number of pyridine rings is 1. The van der Waals surface area contributed by atoms with Crippen molar-refractivity contribution in [1.82, 2.24) is 9.88 Å². The molecule has 2 aliphatic heterocycles. The predicted octanol–water partition coefficient (Wildman–Crippen LogP) is 3.89. The number of hydrogen-bond donors (Lipinski definition) is 2. The first-order chi connectivity index (χ1) is 15.0. The fraction of sp³-hybridized carbons (Fsp3) is 0.364. The standard InChI is InChI=1S/C22H24ClN5O3/c23-15-6-8-16(9-7-15)26-22(31)27-13-3-4-18(27)21(30)25-17-10-11-19(24-14-17)28-12-2-1-5-20(28)29/h6-11,14,18H,1-5,12-13H2,(H,25,30)(H,26,31)/t18-/m1/s1. The fourth-order valence-electron chi connectivity index (χ4n) is 3.90. The number of halogens is 1. The van der Waals surface area contributed by atoms with Crippen molar-refractivity contribution in [3.63, 3.8) is 0 Å². The molecule has 2 N–H and O–H groups in total. The minimum atomic E-state index is -0.560. The first kappa shape index (κ1) is 21.1. The molecule has 2 saturated heterocycles. The maximum Gasteiger partial charge on any atom is 0.322 e. The Balaban J connectivity index is 1.37. The van der Waals surface area contributed by atoms with Crippen LogP contribution in [0.3, 0.4) is 0 Å². The van der Waals surface area contributed by atoms with E-state index in [2.05, 4.69) is 15.6 Å². The molecule has 0 spiro atoms. The molecule has 4 amide bonds. The lowest BCUT2D eigenvalue weighted by Crippen LogP contribution is -2.45. The summed E-state index contributed by atoms with van der Waals surface area (Å²) in [4.78, 5) is 45.1. The molecule has 2 fully saturated rings. The minimum absolute atomic E-state index is 0.0730.